The second kappa shape index (κ2) is 8.96. The number of aliphatic imine (C=N–C) groups is 1. The summed E-state index contributed by atoms with van der Waals surface area (Å²) >= 11 is 0. The molecule has 2 atom stereocenters. The Bertz CT molecular complexity index is 940. The van der Waals surface area contributed by atoms with E-state index < -0.39 is 10.0 Å². The van der Waals surface area contributed by atoms with Gasteiger partial charge in [0.15, 0.2) is 5.96 Å². The minimum atomic E-state index is -3.50. The van der Waals surface area contributed by atoms with E-state index in [1.165, 1.54) is 4.31 Å². The molecule has 0 bridgehead atoms. The van der Waals surface area contributed by atoms with Crippen LogP contribution in [0, 0.1) is 5.92 Å². The van der Waals surface area contributed by atoms with Gasteiger partial charge in [0.25, 0.3) is 0 Å². The molecule has 29 heavy (non-hydrogen) atoms. The largest absolute Gasteiger partial charge is 0.352 e. The predicted molar refractivity (Wildman–Crippen MR) is 114 cm³/mol. The monoisotopic (exact) mass is 418 g/mol. The molecule has 1 aliphatic rings. The fourth-order valence-electron chi connectivity index (χ4n) is 3.70. The van der Waals surface area contributed by atoms with Gasteiger partial charge < -0.3 is 14.8 Å². The van der Waals surface area contributed by atoms with E-state index in [1.807, 2.05) is 24.7 Å². The van der Waals surface area contributed by atoms with Gasteiger partial charge in [-0.15, -0.1) is 0 Å². The van der Waals surface area contributed by atoms with E-state index >= 15 is 0 Å². The molecular formula is C20H30N6O2S. The van der Waals surface area contributed by atoms with Crippen LogP contribution in [0.5, 0.6) is 0 Å². The third kappa shape index (κ3) is 4.62. The van der Waals surface area contributed by atoms with Crippen LogP contribution >= 0.6 is 0 Å². The van der Waals surface area contributed by atoms with E-state index in [9.17, 15) is 8.42 Å². The van der Waals surface area contributed by atoms with Gasteiger partial charge in [-0.1, -0.05) is 25.1 Å². The van der Waals surface area contributed by atoms with Crippen LogP contribution in [0.2, 0.25) is 0 Å². The van der Waals surface area contributed by atoms with E-state index in [2.05, 4.69) is 31.7 Å². The van der Waals surface area contributed by atoms with E-state index in [-0.39, 0.29) is 0 Å². The second-order valence-corrected chi connectivity index (χ2v) is 9.71. The van der Waals surface area contributed by atoms with Crippen molar-refractivity contribution >= 4 is 16.0 Å². The molecule has 158 valence electrons. The molecule has 1 aromatic heterocycles. The van der Waals surface area contributed by atoms with Crippen molar-refractivity contribution in [2.75, 3.05) is 34.2 Å². The van der Waals surface area contributed by atoms with Crippen LogP contribution in [0.4, 0.5) is 0 Å². The van der Waals surface area contributed by atoms with Crippen molar-refractivity contribution < 1.29 is 8.42 Å². The Labute approximate surface area is 173 Å². The fourth-order valence-corrected chi connectivity index (χ4v) is 4.82. The molecule has 0 radical (unpaired) electrons. The Hall–Kier alpha value is -2.39. The highest BCUT2D eigenvalue weighted by molar-refractivity contribution is 7.89. The van der Waals surface area contributed by atoms with Crippen LogP contribution in [-0.4, -0.2) is 67.4 Å². The van der Waals surface area contributed by atoms with Gasteiger partial charge in [-0.2, -0.15) is 0 Å². The van der Waals surface area contributed by atoms with Crippen LogP contribution < -0.4 is 5.32 Å². The highest BCUT2D eigenvalue weighted by atomic mass is 32.2. The van der Waals surface area contributed by atoms with Gasteiger partial charge in [-0.25, -0.2) is 17.7 Å². The number of sulfonamides is 1. The van der Waals surface area contributed by atoms with Crippen molar-refractivity contribution in [3.8, 4) is 0 Å². The third-order valence-corrected chi connectivity index (χ3v) is 7.42. The van der Waals surface area contributed by atoms with Gasteiger partial charge >= 0.3 is 0 Å². The normalized spacial score (nSPS) is 20.9. The van der Waals surface area contributed by atoms with Gasteiger partial charge in [0.05, 0.1) is 17.3 Å². The molecule has 2 unspecified atom stereocenters. The Kier molecular flexibility index (Phi) is 6.59. The van der Waals surface area contributed by atoms with Crippen LogP contribution in [0.1, 0.15) is 24.9 Å². The molecule has 2 aromatic rings. The Morgan fingerprint density at radius 1 is 1.34 bits per heavy atom. The number of imidazole rings is 1. The predicted octanol–water partition coefficient (Wildman–Crippen LogP) is 1.79. The number of nitrogens with zero attached hydrogens (tertiary/aromatic N) is 5. The SMILES string of the molecule is CN=C(NCc1ccccc1S(=O)(=O)N(C)C)N1CCC(C)C(n2ccnc2)C1. The zero-order valence-electron chi connectivity index (χ0n) is 17.5. The topological polar surface area (TPSA) is 82.8 Å². The third-order valence-electron chi connectivity index (χ3n) is 5.51. The van der Waals surface area contributed by atoms with E-state index in [0.29, 0.717) is 23.4 Å². The summed E-state index contributed by atoms with van der Waals surface area (Å²) in [5, 5.41) is 3.36. The quantitative estimate of drug-likeness (QED) is 0.591. The lowest BCUT2D eigenvalue weighted by atomic mass is 9.93. The molecule has 0 saturated carbocycles. The molecule has 3 rings (SSSR count). The standard InChI is InChI=1S/C20H30N6O2S/c1-16-9-11-25(14-18(16)26-12-10-22-15-26)20(21-2)23-13-17-7-5-6-8-19(17)29(27,28)24(3)4/h5-8,10,12,15-16,18H,9,11,13-14H2,1-4H3,(H,21,23). The molecule has 0 spiro atoms. The average Bonchev–Trinajstić information content (AvgIpc) is 3.24. The smallest absolute Gasteiger partial charge is 0.242 e. The second-order valence-electron chi connectivity index (χ2n) is 7.59. The first kappa shape index (κ1) is 21.3. The maximum Gasteiger partial charge on any atom is 0.242 e. The van der Waals surface area contributed by atoms with E-state index in [0.717, 1.165) is 31.0 Å². The fraction of sp³-hybridized carbons (Fsp3) is 0.500. The Morgan fingerprint density at radius 3 is 2.76 bits per heavy atom. The summed E-state index contributed by atoms with van der Waals surface area (Å²) < 4.78 is 28.7. The van der Waals surface area contributed by atoms with Crippen LogP contribution in [0.25, 0.3) is 0 Å². The van der Waals surface area contributed by atoms with Gasteiger partial charge in [0.2, 0.25) is 10.0 Å². The molecule has 1 fully saturated rings. The maximum absolute atomic E-state index is 12.6. The summed E-state index contributed by atoms with van der Waals surface area (Å²) in [6.45, 7) is 4.39. The molecule has 2 heterocycles. The number of likely N-dealkylation sites (tertiary alicyclic amines) is 1. The maximum atomic E-state index is 12.6. The molecule has 0 aliphatic carbocycles. The number of hydrogen-bond donors (Lipinski definition) is 1. The molecule has 1 aliphatic heterocycles. The van der Waals surface area contributed by atoms with Gasteiger partial charge in [0.1, 0.15) is 0 Å². The number of rotatable bonds is 5. The summed E-state index contributed by atoms with van der Waals surface area (Å²) in [6.07, 6.45) is 6.72. The van der Waals surface area contributed by atoms with Crippen LogP contribution in [-0.2, 0) is 16.6 Å². The van der Waals surface area contributed by atoms with Crippen molar-refractivity contribution in [1.29, 1.82) is 0 Å². The summed E-state index contributed by atoms with van der Waals surface area (Å²) in [5.74, 6) is 1.32. The molecule has 9 heteroatoms. The van der Waals surface area contributed by atoms with Crippen molar-refractivity contribution in [2.24, 2.45) is 10.9 Å². The number of aromatic nitrogens is 2. The van der Waals surface area contributed by atoms with E-state index in [4.69, 9.17) is 0 Å². The number of benzene rings is 1. The zero-order chi connectivity index (χ0) is 21.0. The Morgan fingerprint density at radius 2 is 2.10 bits per heavy atom. The van der Waals surface area contributed by atoms with Crippen molar-refractivity contribution in [3.05, 3.63) is 48.5 Å². The highest BCUT2D eigenvalue weighted by Gasteiger charge is 2.29. The molecule has 0 amide bonds. The van der Waals surface area contributed by atoms with Crippen LogP contribution in [0.3, 0.4) is 0 Å². The zero-order valence-corrected chi connectivity index (χ0v) is 18.3. The first-order valence-electron chi connectivity index (χ1n) is 9.78. The first-order valence-corrected chi connectivity index (χ1v) is 11.2. The highest BCUT2D eigenvalue weighted by Crippen LogP contribution is 2.27. The average molecular weight is 419 g/mol. The number of piperidine rings is 1. The summed E-state index contributed by atoms with van der Waals surface area (Å²) in [4.78, 5) is 11.2. The minimum absolute atomic E-state index is 0.316. The summed E-state index contributed by atoms with van der Waals surface area (Å²) in [5.41, 5.74) is 0.721. The lowest BCUT2D eigenvalue weighted by Crippen LogP contribution is -2.48. The van der Waals surface area contributed by atoms with Crippen molar-refractivity contribution in [3.63, 3.8) is 0 Å². The van der Waals surface area contributed by atoms with Gasteiger partial charge in [-0.3, -0.25) is 4.99 Å². The summed E-state index contributed by atoms with van der Waals surface area (Å²) in [7, 11) is 1.35. The van der Waals surface area contributed by atoms with Crippen LogP contribution in [0.15, 0.2) is 52.9 Å². The summed E-state index contributed by atoms with van der Waals surface area (Å²) in [6, 6.07) is 7.41. The molecule has 1 saturated heterocycles. The number of hydrogen-bond acceptors (Lipinski definition) is 4. The number of nitrogens with one attached hydrogen (secondary N) is 1. The Balaban J connectivity index is 1.74. The number of guanidine groups is 1. The molecular weight excluding hydrogens is 388 g/mol. The van der Waals surface area contributed by atoms with Crippen molar-refractivity contribution in [2.45, 2.75) is 30.8 Å². The molecule has 1 N–H and O–H groups in total. The minimum Gasteiger partial charge on any atom is -0.352 e. The molecule has 8 nitrogen and oxygen atoms in total. The van der Waals surface area contributed by atoms with E-state index in [1.54, 1.807) is 39.5 Å². The van der Waals surface area contributed by atoms with Gasteiger partial charge in [0, 0.05) is 53.2 Å². The lowest BCUT2D eigenvalue weighted by molar-refractivity contribution is 0.189. The van der Waals surface area contributed by atoms with Gasteiger partial charge in [-0.05, 0) is 24.0 Å². The molecule has 1 aromatic carbocycles. The van der Waals surface area contributed by atoms with Crippen molar-refractivity contribution in [1.82, 2.24) is 24.1 Å². The lowest BCUT2D eigenvalue weighted by Gasteiger charge is -2.39. The first-order chi connectivity index (χ1) is 13.8.